The van der Waals surface area contributed by atoms with E-state index in [1.807, 2.05) is 18.7 Å². The van der Waals surface area contributed by atoms with Crippen molar-refractivity contribution in [2.45, 2.75) is 20.1 Å². The Bertz CT molecular complexity index is 50.5. The fourth-order valence-electron chi connectivity index (χ4n) is 0.645. The van der Waals surface area contributed by atoms with Crippen molar-refractivity contribution in [3.05, 3.63) is 6.92 Å². The molecule has 2 nitrogen and oxygen atoms in total. The fourth-order valence-corrected chi connectivity index (χ4v) is 0.645. The van der Waals surface area contributed by atoms with Crippen LogP contribution in [0.15, 0.2) is 0 Å². The second-order valence-electron chi connectivity index (χ2n) is 1.70. The van der Waals surface area contributed by atoms with Gasteiger partial charge >= 0.3 is 0 Å². The van der Waals surface area contributed by atoms with Crippen molar-refractivity contribution in [1.29, 1.82) is 0 Å². The first-order valence-corrected chi connectivity index (χ1v) is 2.97. The summed E-state index contributed by atoms with van der Waals surface area (Å²) in [6, 6.07) is 0. The van der Waals surface area contributed by atoms with Gasteiger partial charge in [-0.05, 0) is 20.0 Å². The van der Waals surface area contributed by atoms with Crippen molar-refractivity contribution >= 4 is 0 Å². The van der Waals surface area contributed by atoms with Crippen LogP contribution in [-0.4, -0.2) is 29.3 Å². The highest BCUT2D eigenvalue weighted by molar-refractivity contribution is 4.57. The molecular weight excluding hydrogens is 102 g/mol. The molecular formula is C6H14NO. The normalized spacial score (nSPS) is 14.6. The summed E-state index contributed by atoms with van der Waals surface area (Å²) in [7, 11) is 0. The van der Waals surface area contributed by atoms with Gasteiger partial charge in [-0.1, -0.05) is 13.8 Å². The van der Waals surface area contributed by atoms with E-state index in [2.05, 4.69) is 6.92 Å². The zero-order valence-corrected chi connectivity index (χ0v) is 5.59. The second-order valence-corrected chi connectivity index (χ2v) is 1.70. The van der Waals surface area contributed by atoms with E-state index in [1.54, 1.807) is 0 Å². The number of aliphatic hydroxyl groups excluding tert-OH is 1. The highest BCUT2D eigenvalue weighted by atomic mass is 16.3. The Morgan fingerprint density at radius 3 is 1.88 bits per heavy atom. The lowest BCUT2D eigenvalue weighted by Crippen LogP contribution is -2.32. The lowest BCUT2D eigenvalue weighted by molar-refractivity contribution is 0.0478. The quantitative estimate of drug-likeness (QED) is 0.542. The molecule has 8 heavy (non-hydrogen) atoms. The largest absolute Gasteiger partial charge is 0.378 e. The Labute approximate surface area is 51.1 Å². The molecule has 0 aromatic heterocycles. The summed E-state index contributed by atoms with van der Waals surface area (Å²) in [5, 5.41) is 8.83. The molecule has 1 N–H and O–H groups in total. The topological polar surface area (TPSA) is 23.5 Å². The molecule has 0 bridgehead atoms. The molecule has 2 heteroatoms. The Balaban J connectivity index is 3.35. The third kappa shape index (κ3) is 2.28. The number of nitrogens with zero attached hydrogens (tertiary/aromatic N) is 1. The summed E-state index contributed by atoms with van der Waals surface area (Å²) in [6.45, 7) is 9.18. The Morgan fingerprint density at radius 1 is 1.50 bits per heavy atom. The van der Waals surface area contributed by atoms with Crippen LogP contribution in [0.3, 0.4) is 0 Å². The van der Waals surface area contributed by atoms with E-state index in [1.165, 1.54) is 0 Å². The Hall–Kier alpha value is -0.0800. The van der Waals surface area contributed by atoms with Crippen molar-refractivity contribution in [3.63, 3.8) is 0 Å². The molecule has 0 rings (SSSR count). The van der Waals surface area contributed by atoms with Gasteiger partial charge in [-0.25, -0.2) is 0 Å². The summed E-state index contributed by atoms with van der Waals surface area (Å²) in [5.41, 5.74) is 0. The molecule has 1 radical (unpaired) electrons. The van der Waals surface area contributed by atoms with E-state index >= 15 is 0 Å². The SMILES string of the molecule is [CH2]C(O)N(CC)CC. The van der Waals surface area contributed by atoms with Gasteiger partial charge in [0.2, 0.25) is 0 Å². The molecule has 49 valence electrons. The van der Waals surface area contributed by atoms with Crippen molar-refractivity contribution in [2.75, 3.05) is 13.1 Å². The van der Waals surface area contributed by atoms with Crippen LogP contribution in [0.4, 0.5) is 0 Å². The van der Waals surface area contributed by atoms with Crippen molar-refractivity contribution in [3.8, 4) is 0 Å². The number of hydrogen-bond donors (Lipinski definition) is 1. The highest BCUT2D eigenvalue weighted by Crippen LogP contribution is 1.90. The van der Waals surface area contributed by atoms with Crippen LogP contribution in [-0.2, 0) is 0 Å². The summed E-state index contributed by atoms with van der Waals surface area (Å²) in [4.78, 5) is 1.86. The average Bonchev–Trinajstić information content (AvgIpc) is 1.69. The van der Waals surface area contributed by atoms with E-state index in [0.29, 0.717) is 0 Å². The van der Waals surface area contributed by atoms with Gasteiger partial charge in [0, 0.05) is 0 Å². The van der Waals surface area contributed by atoms with E-state index in [4.69, 9.17) is 5.11 Å². The van der Waals surface area contributed by atoms with Crippen LogP contribution in [0.5, 0.6) is 0 Å². The van der Waals surface area contributed by atoms with Crippen LogP contribution < -0.4 is 0 Å². The van der Waals surface area contributed by atoms with E-state index in [0.717, 1.165) is 13.1 Å². The lowest BCUT2D eigenvalue weighted by Gasteiger charge is -2.20. The fraction of sp³-hybridized carbons (Fsp3) is 0.833. The van der Waals surface area contributed by atoms with E-state index < -0.39 is 6.23 Å². The summed E-state index contributed by atoms with van der Waals surface area (Å²) in [6.07, 6.45) is -0.537. The summed E-state index contributed by atoms with van der Waals surface area (Å²) < 4.78 is 0. The predicted octanol–water partition coefficient (Wildman–Crippen LogP) is 0.481. The van der Waals surface area contributed by atoms with Gasteiger partial charge in [0.05, 0.1) is 0 Å². The lowest BCUT2D eigenvalue weighted by atomic mass is 10.5. The first kappa shape index (κ1) is 7.92. The van der Waals surface area contributed by atoms with Gasteiger partial charge in [0.25, 0.3) is 0 Å². The maximum atomic E-state index is 8.83. The van der Waals surface area contributed by atoms with Crippen LogP contribution in [0.1, 0.15) is 13.8 Å². The molecule has 0 aromatic rings. The van der Waals surface area contributed by atoms with Crippen LogP contribution in [0.2, 0.25) is 0 Å². The maximum Gasteiger partial charge on any atom is 0.107 e. The Morgan fingerprint density at radius 2 is 1.88 bits per heavy atom. The Kier molecular flexibility index (Phi) is 3.83. The standard InChI is InChI=1S/C6H14NO/c1-4-7(5-2)6(3)8/h6,8H,3-5H2,1-2H3. The van der Waals surface area contributed by atoms with Gasteiger partial charge in [-0.3, -0.25) is 4.90 Å². The van der Waals surface area contributed by atoms with Gasteiger partial charge < -0.3 is 5.11 Å². The molecule has 0 aliphatic heterocycles. The summed E-state index contributed by atoms with van der Waals surface area (Å²) >= 11 is 0. The van der Waals surface area contributed by atoms with Gasteiger partial charge in [0.1, 0.15) is 6.23 Å². The minimum atomic E-state index is -0.537. The molecule has 1 atom stereocenters. The monoisotopic (exact) mass is 116 g/mol. The van der Waals surface area contributed by atoms with E-state index in [-0.39, 0.29) is 0 Å². The maximum absolute atomic E-state index is 8.83. The third-order valence-electron chi connectivity index (χ3n) is 1.23. The second kappa shape index (κ2) is 3.87. The van der Waals surface area contributed by atoms with Gasteiger partial charge in [-0.2, -0.15) is 0 Å². The predicted molar refractivity (Wildman–Crippen MR) is 34.3 cm³/mol. The first-order valence-electron chi connectivity index (χ1n) is 2.97. The molecule has 0 aliphatic rings. The molecule has 0 amide bonds. The van der Waals surface area contributed by atoms with Crippen LogP contribution >= 0.6 is 0 Å². The van der Waals surface area contributed by atoms with Crippen molar-refractivity contribution in [2.24, 2.45) is 0 Å². The minimum Gasteiger partial charge on any atom is -0.378 e. The third-order valence-corrected chi connectivity index (χ3v) is 1.23. The molecule has 0 aromatic carbocycles. The number of hydrogen-bond acceptors (Lipinski definition) is 2. The molecule has 0 heterocycles. The first-order chi connectivity index (χ1) is 3.72. The van der Waals surface area contributed by atoms with Gasteiger partial charge in [-0.15, -0.1) is 0 Å². The zero-order valence-electron chi connectivity index (χ0n) is 5.59. The zero-order chi connectivity index (χ0) is 6.57. The molecule has 0 saturated carbocycles. The van der Waals surface area contributed by atoms with Gasteiger partial charge in [0.15, 0.2) is 0 Å². The molecule has 0 spiro atoms. The van der Waals surface area contributed by atoms with Crippen molar-refractivity contribution in [1.82, 2.24) is 4.90 Å². The molecule has 1 unspecified atom stereocenters. The highest BCUT2D eigenvalue weighted by Gasteiger charge is 2.02. The molecule has 0 fully saturated rings. The van der Waals surface area contributed by atoms with Crippen LogP contribution in [0, 0.1) is 6.92 Å². The number of aliphatic hydroxyl groups is 1. The number of rotatable bonds is 3. The summed E-state index contributed by atoms with van der Waals surface area (Å²) in [5.74, 6) is 0. The molecule has 0 saturated heterocycles. The molecule has 0 aliphatic carbocycles. The average molecular weight is 116 g/mol. The van der Waals surface area contributed by atoms with Crippen molar-refractivity contribution < 1.29 is 5.11 Å². The van der Waals surface area contributed by atoms with Crippen LogP contribution in [0.25, 0.3) is 0 Å². The van der Waals surface area contributed by atoms with E-state index in [9.17, 15) is 0 Å². The minimum absolute atomic E-state index is 0.537. The smallest absolute Gasteiger partial charge is 0.107 e.